The molecule has 3 aliphatic heterocycles. The average Bonchev–Trinajstić information content (AvgIpc) is 2.99. The molecule has 0 spiro atoms. The van der Waals surface area contributed by atoms with Gasteiger partial charge >= 0.3 is 0 Å². The van der Waals surface area contributed by atoms with Crippen molar-refractivity contribution in [3.63, 3.8) is 0 Å². The van der Waals surface area contributed by atoms with E-state index in [0.717, 1.165) is 28.1 Å². The lowest BCUT2D eigenvalue weighted by Crippen LogP contribution is -2.54. The number of anilines is 1. The van der Waals surface area contributed by atoms with Crippen LogP contribution in [0.5, 0.6) is 0 Å². The Hall–Kier alpha value is -3.52. The summed E-state index contributed by atoms with van der Waals surface area (Å²) >= 11 is 0. The molecular formula is C23H22N4O4. The highest BCUT2D eigenvalue weighted by Gasteiger charge is 2.45. The molecule has 31 heavy (non-hydrogen) atoms. The average molecular weight is 418 g/mol. The second-order valence-electron chi connectivity index (χ2n) is 8.26. The Labute approximate surface area is 179 Å². The van der Waals surface area contributed by atoms with E-state index < -0.39 is 29.7 Å². The Morgan fingerprint density at radius 3 is 2.61 bits per heavy atom. The van der Waals surface area contributed by atoms with Crippen LogP contribution in [0.1, 0.15) is 44.7 Å². The maximum atomic E-state index is 13.3. The monoisotopic (exact) mass is 418 g/mol. The Morgan fingerprint density at radius 1 is 1.00 bits per heavy atom. The Balaban J connectivity index is 1.48. The lowest BCUT2D eigenvalue weighted by Gasteiger charge is -2.35. The third-order valence-electron chi connectivity index (χ3n) is 6.18. The lowest BCUT2D eigenvalue weighted by atomic mass is 9.96. The minimum Gasteiger partial charge on any atom is -0.365 e. The van der Waals surface area contributed by atoms with E-state index in [1.807, 2.05) is 24.3 Å². The summed E-state index contributed by atoms with van der Waals surface area (Å²) in [5, 5.41) is 2.22. The minimum atomic E-state index is -0.970. The van der Waals surface area contributed by atoms with Gasteiger partial charge in [-0.1, -0.05) is 30.3 Å². The summed E-state index contributed by atoms with van der Waals surface area (Å²) in [5.41, 5.74) is 9.82. The SMILES string of the molecule is NC1Cc2ccccc2N(Cc2cccc3c2C(=O)N(C2CCC(=O)NC2=O)C3=O)C1. The number of hydrogen-bond donors (Lipinski definition) is 2. The van der Waals surface area contributed by atoms with Crippen LogP contribution < -0.4 is 16.0 Å². The van der Waals surface area contributed by atoms with Crippen molar-refractivity contribution in [3.8, 4) is 0 Å². The first-order valence-electron chi connectivity index (χ1n) is 10.4. The number of imide groups is 2. The van der Waals surface area contributed by atoms with E-state index in [9.17, 15) is 19.2 Å². The molecule has 5 rings (SSSR count). The fourth-order valence-corrected chi connectivity index (χ4v) is 4.79. The van der Waals surface area contributed by atoms with Crippen molar-refractivity contribution in [2.75, 3.05) is 11.4 Å². The van der Waals surface area contributed by atoms with Crippen LogP contribution in [-0.2, 0) is 22.6 Å². The van der Waals surface area contributed by atoms with Gasteiger partial charge in [0.15, 0.2) is 0 Å². The molecule has 1 fully saturated rings. The van der Waals surface area contributed by atoms with Crippen molar-refractivity contribution in [1.82, 2.24) is 10.2 Å². The van der Waals surface area contributed by atoms with Crippen molar-refractivity contribution >= 4 is 29.3 Å². The van der Waals surface area contributed by atoms with Gasteiger partial charge in [0.1, 0.15) is 6.04 Å². The van der Waals surface area contributed by atoms with Gasteiger partial charge in [-0.05, 0) is 36.1 Å². The first-order chi connectivity index (χ1) is 14.9. The molecule has 8 heteroatoms. The summed E-state index contributed by atoms with van der Waals surface area (Å²) < 4.78 is 0. The van der Waals surface area contributed by atoms with Crippen molar-refractivity contribution in [1.29, 1.82) is 0 Å². The number of para-hydroxylation sites is 1. The predicted octanol–water partition coefficient (Wildman–Crippen LogP) is 0.978. The van der Waals surface area contributed by atoms with Crippen LogP contribution in [0.15, 0.2) is 42.5 Å². The van der Waals surface area contributed by atoms with Gasteiger partial charge in [0.2, 0.25) is 11.8 Å². The second-order valence-corrected chi connectivity index (χ2v) is 8.26. The third kappa shape index (κ3) is 3.19. The zero-order chi connectivity index (χ0) is 21.7. The van der Waals surface area contributed by atoms with Crippen LogP contribution in [0.3, 0.4) is 0 Å². The number of amides is 4. The number of fused-ring (bicyclic) bond motifs is 2. The number of nitrogens with one attached hydrogen (secondary N) is 1. The maximum Gasteiger partial charge on any atom is 0.262 e. The summed E-state index contributed by atoms with van der Waals surface area (Å²) in [6, 6.07) is 12.2. The molecule has 0 radical (unpaired) electrons. The summed E-state index contributed by atoms with van der Waals surface area (Å²) in [4.78, 5) is 53.3. The number of carbonyl (C=O) groups excluding carboxylic acids is 4. The molecule has 2 atom stereocenters. The molecule has 1 saturated heterocycles. The quantitative estimate of drug-likeness (QED) is 0.719. The number of nitrogens with zero attached hydrogens (tertiary/aromatic N) is 2. The fraction of sp³-hybridized carbons (Fsp3) is 0.304. The Bertz CT molecular complexity index is 1130. The number of hydrogen-bond acceptors (Lipinski definition) is 6. The van der Waals surface area contributed by atoms with E-state index in [2.05, 4.69) is 16.3 Å². The molecule has 3 heterocycles. The summed E-state index contributed by atoms with van der Waals surface area (Å²) in [6.07, 6.45) is 1.03. The van der Waals surface area contributed by atoms with Gasteiger partial charge < -0.3 is 10.6 Å². The number of nitrogens with two attached hydrogens (primary N) is 1. The van der Waals surface area contributed by atoms with Crippen LogP contribution in [0.4, 0.5) is 5.69 Å². The molecule has 2 aromatic rings. The highest BCUT2D eigenvalue weighted by molar-refractivity contribution is 6.24. The molecule has 2 aromatic carbocycles. The summed E-state index contributed by atoms with van der Waals surface area (Å²) in [6.45, 7) is 1.07. The molecule has 3 aliphatic rings. The van der Waals surface area contributed by atoms with Crippen molar-refractivity contribution in [3.05, 3.63) is 64.7 Å². The third-order valence-corrected chi connectivity index (χ3v) is 6.18. The van der Waals surface area contributed by atoms with Crippen LogP contribution in [0, 0.1) is 0 Å². The molecule has 3 N–H and O–H groups in total. The summed E-state index contributed by atoms with van der Waals surface area (Å²) in [7, 11) is 0. The van der Waals surface area contributed by atoms with Crippen LogP contribution in [0.2, 0.25) is 0 Å². The van der Waals surface area contributed by atoms with E-state index >= 15 is 0 Å². The molecule has 158 valence electrons. The highest BCUT2D eigenvalue weighted by atomic mass is 16.2. The first-order valence-corrected chi connectivity index (χ1v) is 10.4. The number of rotatable bonds is 3. The van der Waals surface area contributed by atoms with E-state index in [1.54, 1.807) is 12.1 Å². The predicted molar refractivity (Wildman–Crippen MR) is 112 cm³/mol. The van der Waals surface area contributed by atoms with Crippen molar-refractivity contribution in [2.45, 2.75) is 37.9 Å². The zero-order valence-corrected chi connectivity index (χ0v) is 16.8. The van der Waals surface area contributed by atoms with E-state index in [-0.39, 0.29) is 18.9 Å². The number of carbonyl (C=O) groups is 4. The Morgan fingerprint density at radius 2 is 1.81 bits per heavy atom. The second kappa shape index (κ2) is 7.31. The summed E-state index contributed by atoms with van der Waals surface area (Å²) in [5.74, 6) is -1.98. The van der Waals surface area contributed by atoms with Crippen LogP contribution in [0.25, 0.3) is 0 Å². The van der Waals surface area contributed by atoms with Gasteiger partial charge in [-0.2, -0.15) is 0 Å². The molecule has 0 aliphatic carbocycles. The molecule has 0 aromatic heterocycles. The smallest absolute Gasteiger partial charge is 0.262 e. The topological polar surface area (TPSA) is 113 Å². The molecule has 8 nitrogen and oxygen atoms in total. The van der Waals surface area contributed by atoms with Gasteiger partial charge in [-0.3, -0.25) is 29.4 Å². The minimum absolute atomic E-state index is 0.0241. The zero-order valence-electron chi connectivity index (χ0n) is 16.8. The number of piperidine rings is 1. The maximum absolute atomic E-state index is 13.3. The normalized spacial score (nSPS) is 23.0. The number of benzene rings is 2. The van der Waals surface area contributed by atoms with Crippen LogP contribution in [-0.4, -0.2) is 47.2 Å². The fourth-order valence-electron chi connectivity index (χ4n) is 4.79. The first kappa shape index (κ1) is 19.4. The molecule has 4 amide bonds. The standard InChI is InChI=1S/C23H22N4O4/c24-15-10-13-4-1-2-7-17(13)26(12-15)11-14-5-3-6-16-20(14)23(31)27(22(16)30)18-8-9-19(28)25-21(18)29/h1-7,15,18H,8-12,24H2,(H,25,28,29). The highest BCUT2D eigenvalue weighted by Crippen LogP contribution is 2.33. The van der Waals surface area contributed by atoms with Gasteiger partial charge in [0.25, 0.3) is 11.8 Å². The molecular weight excluding hydrogens is 396 g/mol. The van der Waals surface area contributed by atoms with Crippen molar-refractivity contribution in [2.24, 2.45) is 5.73 Å². The van der Waals surface area contributed by atoms with Gasteiger partial charge in [-0.15, -0.1) is 0 Å². The largest absolute Gasteiger partial charge is 0.365 e. The molecule has 2 unspecified atom stereocenters. The molecule has 0 bridgehead atoms. The molecule has 0 saturated carbocycles. The van der Waals surface area contributed by atoms with E-state index in [4.69, 9.17) is 5.73 Å². The van der Waals surface area contributed by atoms with Gasteiger partial charge in [0.05, 0.1) is 11.1 Å². The van der Waals surface area contributed by atoms with E-state index in [1.165, 1.54) is 0 Å². The van der Waals surface area contributed by atoms with Crippen LogP contribution >= 0.6 is 0 Å². The van der Waals surface area contributed by atoms with Crippen molar-refractivity contribution < 1.29 is 19.2 Å². The van der Waals surface area contributed by atoms with E-state index in [0.29, 0.717) is 24.2 Å². The van der Waals surface area contributed by atoms with Gasteiger partial charge in [0, 0.05) is 31.2 Å². The van der Waals surface area contributed by atoms with Gasteiger partial charge in [-0.25, -0.2) is 0 Å². The lowest BCUT2D eigenvalue weighted by molar-refractivity contribution is -0.136. The Kier molecular flexibility index (Phi) is 4.59.